The SMILES string of the molecule is COC(=O)Cc1cc(Cc2cc(OC)cc(C(F)(F)F)c2)nn1-c1ccnc(C)c1. The summed E-state index contributed by atoms with van der Waals surface area (Å²) in [6.07, 6.45) is -2.78. The molecule has 1 aromatic carbocycles. The Labute approximate surface area is 171 Å². The summed E-state index contributed by atoms with van der Waals surface area (Å²) in [6.45, 7) is 1.82. The molecule has 2 heterocycles. The van der Waals surface area contributed by atoms with Crippen molar-refractivity contribution in [2.45, 2.75) is 25.9 Å². The Hall–Kier alpha value is -3.36. The number of hydrogen-bond donors (Lipinski definition) is 0. The minimum Gasteiger partial charge on any atom is -0.497 e. The topological polar surface area (TPSA) is 66.2 Å². The van der Waals surface area contributed by atoms with E-state index >= 15 is 0 Å². The maximum Gasteiger partial charge on any atom is 0.416 e. The molecule has 0 fully saturated rings. The van der Waals surface area contributed by atoms with E-state index in [2.05, 4.69) is 10.1 Å². The first kappa shape index (κ1) is 21.4. The highest BCUT2D eigenvalue weighted by atomic mass is 19.4. The van der Waals surface area contributed by atoms with Gasteiger partial charge in [-0.2, -0.15) is 18.3 Å². The van der Waals surface area contributed by atoms with Crippen LogP contribution in [0, 0.1) is 6.92 Å². The van der Waals surface area contributed by atoms with Crippen LogP contribution in [0.2, 0.25) is 0 Å². The van der Waals surface area contributed by atoms with Crippen molar-refractivity contribution in [3.63, 3.8) is 0 Å². The van der Waals surface area contributed by atoms with E-state index in [0.717, 1.165) is 17.8 Å². The average molecular weight is 419 g/mol. The third-order valence-corrected chi connectivity index (χ3v) is 4.43. The fourth-order valence-corrected chi connectivity index (χ4v) is 3.05. The maximum absolute atomic E-state index is 13.2. The van der Waals surface area contributed by atoms with Gasteiger partial charge in [0.05, 0.1) is 43.3 Å². The lowest BCUT2D eigenvalue weighted by Crippen LogP contribution is -2.10. The fraction of sp³-hybridized carbons (Fsp3) is 0.286. The van der Waals surface area contributed by atoms with Crippen LogP contribution >= 0.6 is 0 Å². The molecule has 2 aromatic heterocycles. The summed E-state index contributed by atoms with van der Waals surface area (Å²) >= 11 is 0. The molecular weight excluding hydrogens is 399 g/mol. The molecule has 6 nitrogen and oxygen atoms in total. The summed E-state index contributed by atoms with van der Waals surface area (Å²) < 4.78 is 50.9. The molecule has 0 aliphatic heterocycles. The summed E-state index contributed by atoms with van der Waals surface area (Å²) in [5, 5.41) is 4.51. The van der Waals surface area contributed by atoms with Crippen LogP contribution in [0.25, 0.3) is 5.69 Å². The van der Waals surface area contributed by atoms with E-state index in [-0.39, 0.29) is 18.6 Å². The molecule has 0 saturated carbocycles. The van der Waals surface area contributed by atoms with E-state index < -0.39 is 17.7 Å². The summed E-state index contributed by atoms with van der Waals surface area (Å²) in [6, 6.07) is 8.76. The molecule has 158 valence electrons. The van der Waals surface area contributed by atoms with Crippen LogP contribution in [0.1, 0.15) is 28.2 Å². The van der Waals surface area contributed by atoms with E-state index in [9.17, 15) is 18.0 Å². The molecule has 0 aliphatic carbocycles. The molecule has 9 heteroatoms. The number of ether oxygens (including phenoxy) is 2. The highest BCUT2D eigenvalue weighted by molar-refractivity contribution is 5.72. The summed E-state index contributed by atoms with van der Waals surface area (Å²) in [4.78, 5) is 16.0. The summed E-state index contributed by atoms with van der Waals surface area (Å²) in [5.41, 5.74) is 2.11. The van der Waals surface area contributed by atoms with Crippen LogP contribution in [0.3, 0.4) is 0 Å². The maximum atomic E-state index is 13.2. The molecule has 0 bridgehead atoms. The van der Waals surface area contributed by atoms with E-state index in [1.165, 1.54) is 20.3 Å². The zero-order valence-electron chi connectivity index (χ0n) is 16.7. The van der Waals surface area contributed by atoms with E-state index in [1.54, 1.807) is 29.1 Å². The Balaban J connectivity index is 2.01. The van der Waals surface area contributed by atoms with Crippen molar-refractivity contribution in [3.8, 4) is 11.4 Å². The lowest BCUT2D eigenvalue weighted by atomic mass is 10.0. The van der Waals surface area contributed by atoms with Crippen LogP contribution in [0.5, 0.6) is 5.75 Å². The average Bonchev–Trinajstić information content (AvgIpc) is 3.08. The normalized spacial score (nSPS) is 11.4. The van der Waals surface area contributed by atoms with Crippen molar-refractivity contribution in [3.05, 3.63) is 70.8 Å². The number of methoxy groups -OCH3 is 2. The Morgan fingerprint density at radius 1 is 1.13 bits per heavy atom. The fourth-order valence-electron chi connectivity index (χ4n) is 3.05. The second kappa shape index (κ2) is 8.56. The molecule has 0 radical (unpaired) electrons. The van der Waals surface area contributed by atoms with Crippen molar-refractivity contribution in [2.24, 2.45) is 0 Å². The highest BCUT2D eigenvalue weighted by Gasteiger charge is 2.31. The smallest absolute Gasteiger partial charge is 0.416 e. The second-order valence-corrected chi connectivity index (χ2v) is 6.69. The van der Waals surface area contributed by atoms with Gasteiger partial charge in [-0.3, -0.25) is 9.78 Å². The van der Waals surface area contributed by atoms with Gasteiger partial charge in [-0.15, -0.1) is 0 Å². The van der Waals surface area contributed by atoms with Gasteiger partial charge < -0.3 is 9.47 Å². The molecule has 0 N–H and O–H groups in total. The van der Waals surface area contributed by atoms with Crippen molar-refractivity contribution >= 4 is 5.97 Å². The molecule has 0 aliphatic rings. The highest BCUT2D eigenvalue weighted by Crippen LogP contribution is 2.33. The molecule has 0 amide bonds. The summed E-state index contributed by atoms with van der Waals surface area (Å²) in [5.74, 6) is -0.340. The number of alkyl halides is 3. The van der Waals surface area contributed by atoms with Gasteiger partial charge in [0.2, 0.25) is 0 Å². The zero-order chi connectivity index (χ0) is 21.9. The van der Waals surface area contributed by atoms with Crippen molar-refractivity contribution in [2.75, 3.05) is 14.2 Å². The van der Waals surface area contributed by atoms with Crippen LogP contribution in [0.15, 0.2) is 42.6 Å². The number of pyridine rings is 1. The minimum atomic E-state index is -4.49. The number of rotatable bonds is 6. The predicted molar refractivity (Wildman–Crippen MR) is 103 cm³/mol. The largest absolute Gasteiger partial charge is 0.497 e. The van der Waals surface area contributed by atoms with Gasteiger partial charge in [0, 0.05) is 18.3 Å². The van der Waals surface area contributed by atoms with Gasteiger partial charge in [-0.05, 0) is 48.9 Å². The Morgan fingerprint density at radius 3 is 2.53 bits per heavy atom. The van der Waals surface area contributed by atoms with E-state index in [1.807, 2.05) is 6.92 Å². The number of carbonyl (C=O) groups excluding carboxylic acids is 1. The van der Waals surface area contributed by atoms with Crippen LogP contribution in [-0.4, -0.2) is 35.0 Å². The number of carbonyl (C=O) groups is 1. The summed E-state index contributed by atoms with van der Waals surface area (Å²) in [7, 11) is 2.60. The lowest BCUT2D eigenvalue weighted by Gasteiger charge is -2.11. The first-order valence-corrected chi connectivity index (χ1v) is 9.02. The molecule has 30 heavy (non-hydrogen) atoms. The van der Waals surface area contributed by atoms with Gasteiger partial charge in [0.1, 0.15) is 5.75 Å². The van der Waals surface area contributed by atoms with Crippen LogP contribution in [0.4, 0.5) is 13.2 Å². The number of benzene rings is 1. The predicted octanol–water partition coefficient (Wildman–Crippen LogP) is 3.91. The van der Waals surface area contributed by atoms with Gasteiger partial charge in [-0.25, -0.2) is 4.68 Å². The molecule has 0 atom stereocenters. The quantitative estimate of drug-likeness (QED) is 0.567. The third kappa shape index (κ3) is 4.97. The standard InChI is InChI=1S/C21H20F3N3O3/c1-13-6-17(4-5-25-13)27-18(12-20(28)30-3)11-16(26-27)8-14-7-15(21(22,23)24)10-19(9-14)29-2/h4-7,9-11H,8,12H2,1-3H3. The van der Waals surface area contributed by atoms with E-state index in [4.69, 9.17) is 9.47 Å². The first-order chi connectivity index (χ1) is 14.2. The zero-order valence-corrected chi connectivity index (χ0v) is 16.7. The molecule has 3 aromatic rings. The van der Waals surface area contributed by atoms with E-state index in [0.29, 0.717) is 22.6 Å². The number of halogens is 3. The second-order valence-electron chi connectivity index (χ2n) is 6.69. The first-order valence-electron chi connectivity index (χ1n) is 9.02. The van der Waals surface area contributed by atoms with Gasteiger partial charge in [-0.1, -0.05) is 0 Å². The molecule has 0 saturated heterocycles. The number of aromatic nitrogens is 3. The molecule has 0 unspecified atom stereocenters. The van der Waals surface area contributed by atoms with Crippen molar-refractivity contribution < 1.29 is 27.4 Å². The van der Waals surface area contributed by atoms with Crippen molar-refractivity contribution in [1.82, 2.24) is 14.8 Å². The minimum absolute atomic E-state index is 0.0310. The number of hydrogen-bond acceptors (Lipinski definition) is 5. The van der Waals surface area contributed by atoms with Crippen LogP contribution < -0.4 is 4.74 Å². The molecular formula is C21H20F3N3O3. The Bertz CT molecular complexity index is 1060. The molecule has 0 spiro atoms. The Morgan fingerprint density at radius 2 is 1.90 bits per heavy atom. The lowest BCUT2D eigenvalue weighted by molar-refractivity contribution is -0.140. The number of aryl methyl sites for hydroxylation is 1. The van der Waals surface area contributed by atoms with Gasteiger partial charge in [0.15, 0.2) is 0 Å². The monoisotopic (exact) mass is 419 g/mol. The Kier molecular flexibility index (Phi) is 6.09. The van der Waals surface area contributed by atoms with Crippen LogP contribution in [-0.2, 0) is 28.5 Å². The molecule has 3 rings (SSSR count). The van der Waals surface area contributed by atoms with Gasteiger partial charge in [0.25, 0.3) is 0 Å². The number of nitrogens with zero attached hydrogens (tertiary/aromatic N) is 3. The van der Waals surface area contributed by atoms with Crippen molar-refractivity contribution in [1.29, 1.82) is 0 Å². The third-order valence-electron chi connectivity index (χ3n) is 4.43. The van der Waals surface area contributed by atoms with Gasteiger partial charge >= 0.3 is 12.1 Å². The number of esters is 1.